The number of methoxy groups -OCH3 is 1. The van der Waals surface area contributed by atoms with Crippen molar-refractivity contribution >= 4 is 0 Å². The van der Waals surface area contributed by atoms with Crippen LogP contribution in [0.3, 0.4) is 0 Å². The van der Waals surface area contributed by atoms with E-state index in [0.717, 1.165) is 41.1 Å². The Balaban J connectivity index is 2.01. The molecule has 0 fully saturated rings. The van der Waals surface area contributed by atoms with Gasteiger partial charge in [0.25, 0.3) is 0 Å². The van der Waals surface area contributed by atoms with Crippen molar-refractivity contribution < 1.29 is 9.84 Å². The summed E-state index contributed by atoms with van der Waals surface area (Å²) in [6, 6.07) is 12.2. The molecule has 0 saturated heterocycles. The lowest BCUT2D eigenvalue weighted by Crippen LogP contribution is -2.14. The molecule has 0 aliphatic carbocycles. The molecule has 0 saturated carbocycles. The summed E-state index contributed by atoms with van der Waals surface area (Å²) in [7, 11) is 1.71. The highest BCUT2D eigenvalue weighted by Crippen LogP contribution is 2.24. The van der Waals surface area contributed by atoms with Crippen LogP contribution in [0.1, 0.15) is 27.8 Å². The molecule has 0 atom stereocenters. The van der Waals surface area contributed by atoms with Crippen LogP contribution in [0.4, 0.5) is 0 Å². The summed E-state index contributed by atoms with van der Waals surface area (Å²) in [6.07, 6.45) is 0. The zero-order valence-electron chi connectivity index (χ0n) is 12.9. The van der Waals surface area contributed by atoms with Gasteiger partial charge in [-0.2, -0.15) is 0 Å². The molecule has 0 unspecified atom stereocenters. The minimum Gasteiger partial charge on any atom is -0.496 e. The van der Waals surface area contributed by atoms with Crippen LogP contribution >= 0.6 is 0 Å². The number of rotatable bonds is 6. The molecule has 21 heavy (non-hydrogen) atoms. The van der Waals surface area contributed by atoms with Crippen molar-refractivity contribution in [3.8, 4) is 5.75 Å². The third-order valence-electron chi connectivity index (χ3n) is 3.66. The highest BCUT2D eigenvalue weighted by Gasteiger charge is 2.05. The Morgan fingerprint density at radius 2 is 1.62 bits per heavy atom. The average Bonchev–Trinajstić information content (AvgIpc) is 2.47. The van der Waals surface area contributed by atoms with E-state index in [2.05, 4.69) is 31.3 Å². The molecule has 0 radical (unpaired) electrons. The molecule has 2 aromatic rings. The predicted molar refractivity (Wildman–Crippen MR) is 85.4 cm³/mol. The van der Waals surface area contributed by atoms with Crippen LogP contribution in [0.5, 0.6) is 5.75 Å². The summed E-state index contributed by atoms with van der Waals surface area (Å²) in [6.45, 7) is 5.76. The third-order valence-corrected chi connectivity index (χ3v) is 3.66. The van der Waals surface area contributed by atoms with Crippen molar-refractivity contribution in [3.63, 3.8) is 0 Å². The Labute approximate surface area is 126 Å². The van der Waals surface area contributed by atoms with Crippen molar-refractivity contribution in [2.45, 2.75) is 33.5 Å². The maximum absolute atomic E-state index is 9.32. The summed E-state index contributed by atoms with van der Waals surface area (Å²) in [5, 5.41) is 12.8. The van der Waals surface area contributed by atoms with Gasteiger partial charge in [0.2, 0.25) is 0 Å². The number of nitrogens with one attached hydrogen (secondary N) is 1. The fourth-order valence-corrected chi connectivity index (χ4v) is 2.69. The molecule has 0 aromatic heterocycles. The van der Waals surface area contributed by atoms with E-state index in [4.69, 9.17) is 4.74 Å². The SMILES string of the molecule is COc1c(C)cc(CNCc2ccccc2CO)cc1C. The smallest absolute Gasteiger partial charge is 0.124 e. The van der Waals surface area contributed by atoms with Gasteiger partial charge in [-0.1, -0.05) is 36.4 Å². The monoisotopic (exact) mass is 285 g/mol. The van der Waals surface area contributed by atoms with Crippen molar-refractivity contribution in [1.82, 2.24) is 5.32 Å². The van der Waals surface area contributed by atoms with Gasteiger partial charge < -0.3 is 15.2 Å². The summed E-state index contributed by atoms with van der Waals surface area (Å²) >= 11 is 0. The number of aliphatic hydroxyl groups excluding tert-OH is 1. The van der Waals surface area contributed by atoms with Crippen LogP contribution in [0.15, 0.2) is 36.4 Å². The fraction of sp³-hybridized carbons (Fsp3) is 0.333. The lowest BCUT2D eigenvalue weighted by Gasteiger charge is -2.13. The largest absolute Gasteiger partial charge is 0.496 e. The van der Waals surface area contributed by atoms with Crippen LogP contribution in [0.25, 0.3) is 0 Å². The highest BCUT2D eigenvalue weighted by atomic mass is 16.5. The number of benzene rings is 2. The Kier molecular flexibility index (Phi) is 5.37. The first-order chi connectivity index (χ1) is 10.2. The van der Waals surface area contributed by atoms with Gasteiger partial charge in [-0.3, -0.25) is 0 Å². The number of hydrogen-bond donors (Lipinski definition) is 2. The molecule has 3 heteroatoms. The quantitative estimate of drug-likeness (QED) is 0.857. The molecule has 2 aromatic carbocycles. The number of hydrogen-bond acceptors (Lipinski definition) is 3. The molecule has 0 heterocycles. The maximum Gasteiger partial charge on any atom is 0.124 e. The van der Waals surface area contributed by atoms with E-state index in [-0.39, 0.29) is 6.61 Å². The number of aliphatic hydroxyl groups is 1. The molecular formula is C18H23NO2. The fourth-order valence-electron chi connectivity index (χ4n) is 2.69. The zero-order valence-corrected chi connectivity index (χ0v) is 12.9. The van der Waals surface area contributed by atoms with E-state index in [1.807, 2.05) is 24.3 Å². The molecule has 0 bridgehead atoms. The highest BCUT2D eigenvalue weighted by molar-refractivity contribution is 5.43. The number of ether oxygens (including phenoxy) is 1. The van der Waals surface area contributed by atoms with Crippen LogP contribution < -0.4 is 10.1 Å². The van der Waals surface area contributed by atoms with Gasteiger partial charge in [0.1, 0.15) is 5.75 Å². The van der Waals surface area contributed by atoms with Gasteiger partial charge in [-0.05, 0) is 41.7 Å². The summed E-state index contributed by atoms with van der Waals surface area (Å²) in [4.78, 5) is 0. The summed E-state index contributed by atoms with van der Waals surface area (Å²) in [5.41, 5.74) is 5.68. The predicted octanol–water partition coefficient (Wildman–Crippen LogP) is 3.09. The van der Waals surface area contributed by atoms with E-state index in [9.17, 15) is 5.11 Å². The van der Waals surface area contributed by atoms with Gasteiger partial charge in [-0.25, -0.2) is 0 Å². The first-order valence-corrected chi connectivity index (χ1v) is 7.18. The topological polar surface area (TPSA) is 41.5 Å². The number of aryl methyl sites for hydroxylation is 2. The second kappa shape index (κ2) is 7.25. The molecular weight excluding hydrogens is 262 g/mol. The van der Waals surface area contributed by atoms with E-state index in [1.165, 1.54) is 5.56 Å². The molecule has 3 nitrogen and oxygen atoms in total. The van der Waals surface area contributed by atoms with Gasteiger partial charge in [0, 0.05) is 13.1 Å². The van der Waals surface area contributed by atoms with Crippen molar-refractivity contribution in [1.29, 1.82) is 0 Å². The Morgan fingerprint density at radius 3 is 2.19 bits per heavy atom. The minimum atomic E-state index is 0.0819. The lowest BCUT2D eigenvalue weighted by molar-refractivity contribution is 0.280. The normalized spacial score (nSPS) is 10.7. The second-order valence-electron chi connectivity index (χ2n) is 5.29. The van der Waals surface area contributed by atoms with E-state index in [0.29, 0.717) is 0 Å². The van der Waals surface area contributed by atoms with Crippen molar-refractivity contribution in [2.24, 2.45) is 0 Å². The molecule has 2 N–H and O–H groups in total. The second-order valence-corrected chi connectivity index (χ2v) is 5.29. The first kappa shape index (κ1) is 15.5. The van der Waals surface area contributed by atoms with Crippen LogP contribution in [-0.4, -0.2) is 12.2 Å². The standard InChI is InChI=1S/C18H23NO2/c1-13-8-15(9-14(2)18(13)21-3)10-19-11-16-6-4-5-7-17(16)12-20/h4-9,19-20H,10-12H2,1-3H3. The summed E-state index contributed by atoms with van der Waals surface area (Å²) in [5.74, 6) is 0.962. The van der Waals surface area contributed by atoms with Gasteiger partial charge >= 0.3 is 0 Å². The minimum absolute atomic E-state index is 0.0819. The lowest BCUT2D eigenvalue weighted by atomic mass is 10.1. The molecule has 2 rings (SSSR count). The molecule has 112 valence electrons. The Morgan fingerprint density at radius 1 is 1.00 bits per heavy atom. The van der Waals surface area contributed by atoms with Crippen LogP contribution in [-0.2, 0) is 19.7 Å². The maximum atomic E-state index is 9.32. The molecule has 0 aliphatic heterocycles. The average molecular weight is 285 g/mol. The van der Waals surface area contributed by atoms with Crippen molar-refractivity contribution in [3.05, 3.63) is 64.2 Å². The van der Waals surface area contributed by atoms with E-state index in [1.54, 1.807) is 7.11 Å². The summed E-state index contributed by atoms with van der Waals surface area (Å²) < 4.78 is 5.39. The van der Waals surface area contributed by atoms with Crippen LogP contribution in [0, 0.1) is 13.8 Å². The van der Waals surface area contributed by atoms with Crippen LogP contribution in [0.2, 0.25) is 0 Å². The molecule has 0 spiro atoms. The molecule has 0 amide bonds. The Bertz CT molecular complexity index is 585. The van der Waals surface area contributed by atoms with Gasteiger partial charge in [0.15, 0.2) is 0 Å². The Hall–Kier alpha value is -1.84. The third kappa shape index (κ3) is 3.84. The first-order valence-electron chi connectivity index (χ1n) is 7.18. The van der Waals surface area contributed by atoms with Gasteiger partial charge in [-0.15, -0.1) is 0 Å². The molecule has 0 aliphatic rings. The van der Waals surface area contributed by atoms with E-state index >= 15 is 0 Å². The zero-order chi connectivity index (χ0) is 15.2. The van der Waals surface area contributed by atoms with Crippen molar-refractivity contribution in [2.75, 3.05) is 7.11 Å². The van der Waals surface area contributed by atoms with Gasteiger partial charge in [0.05, 0.1) is 13.7 Å². The van der Waals surface area contributed by atoms with E-state index < -0.39 is 0 Å².